The number of Topliss-reactive ketones (excluding diaryl/α,β-unsaturated/α-hetero) is 1. The van der Waals surface area contributed by atoms with Gasteiger partial charge in [0.25, 0.3) is 0 Å². The van der Waals surface area contributed by atoms with Crippen molar-refractivity contribution in [3.8, 4) is 5.75 Å². The zero-order chi connectivity index (χ0) is 25.8. The number of allylic oxidation sites excluding steroid dienone is 1. The SMILES string of the molecule is CCOC(=O)C1=C(C)N=C2C[C@@H](c3ccc(OC)cc3)[C@H](C(=O)OCC)C(=O)C2[C@@H]1c1ccccc1. The van der Waals surface area contributed by atoms with Gasteiger partial charge >= 0.3 is 11.9 Å². The summed E-state index contributed by atoms with van der Waals surface area (Å²) < 4.78 is 16.0. The number of esters is 2. The van der Waals surface area contributed by atoms with E-state index in [1.165, 1.54) is 0 Å². The maximum absolute atomic E-state index is 14.2. The first-order chi connectivity index (χ1) is 17.4. The van der Waals surface area contributed by atoms with E-state index in [4.69, 9.17) is 19.2 Å². The van der Waals surface area contributed by atoms with Crippen molar-refractivity contribution in [2.45, 2.75) is 39.0 Å². The molecule has 2 aliphatic rings. The Morgan fingerprint density at radius 1 is 0.917 bits per heavy atom. The van der Waals surface area contributed by atoms with Gasteiger partial charge in [0.2, 0.25) is 0 Å². The number of carbonyl (C=O) groups excluding carboxylic acids is 3. The molecule has 0 spiro atoms. The number of fused-ring (bicyclic) bond motifs is 1. The Labute approximate surface area is 211 Å². The van der Waals surface area contributed by atoms with Crippen LogP contribution in [-0.4, -0.2) is 43.8 Å². The summed E-state index contributed by atoms with van der Waals surface area (Å²) >= 11 is 0. The number of nitrogens with zero attached hydrogens (tertiary/aromatic N) is 1. The Bertz CT molecular complexity index is 1200. The number of hydrogen-bond donors (Lipinski definition) is 0. The van der Waals surface area contributed by atoms with E-state index in [1.54, 1.807) is 27.9 Å². The molecule has 1 fully saturated rings. The van der Waals surface area contributed by atoms with E-state index in [9.17, 15) is 14.4 Å². The van der Waals surface area contributed by atoms with Gasteiger partial charge in [-0.25, -0.2) is 4.79 Å². The molecular formula is C29H31NO6. The van der Waals surface area contributed by atoms with Gasteiger partial charge in [-0.2, -0.15) is 0 Å². The number of methoxy groups -OCH3 is 1. The molecule has 0 amide bonds. The van der Waals surface area contributed by atoms with Crippen molar-refractivity contribution in [2.75, 3.05) is 20.3 Å². The molecule has 1 aliphatic carbocycles. The third-order valence-corrected chi connectivity index (χ3v) is 6.89. The average molecular weight is 490 g/mol. The molecule has 1 saturated carbocycles. The van der Waals surface area contributed by atoms with Crippen LogP contribution in [0.3, 0.4) is 0 Å². The highest BCUT2D eigenvalue weighted by Crippen LogP contribution is 2.48. The summed E-state index contributed by atoms with van der Waals surface area (Å²) in [7, 11) is 1.59. The second-order valence-electron chi connectivity index (χ2n) is 8.90. The normalized spacial score (nSPS) is 23.4. The van der Waals surface area contributed by atoms with E-state index in [-0.39, 0.29) is 19.0 Å². The van der Waals surface area contributed by atoms with Crippen LogP contribution >= 0.6 is 0 Å². The van der Waals surface area contributed by atoms with E-state index in [0.29, 0.717) is 29.2 Å². The molecule has 0 saturated heterocycles. The molecule has 7 nitrogen and oxygen atoms in total. The summed E-state index contributed by atoms with van der Waals surface area (Å²) in [4.78, 5) is 45.3. The Morgan fingerprint density at radius 2 is 1.58 bits per heavy atom. The molecule has 4 rings (SSSR count). The van der Waals surface area contributed by atoms with E-state index in [1.807, 2.05) is 54.6 Å². The number of benzene rings is 2. The fourth-order valence-electron chi connectivity index (χ4n) is 5.34. The predicted octanol–water partition coefficient (Wildman–Crippen LogP) is 4.62. The third kappa shape index (κ3) is 4.70. The summed E-state index contributed by atoms with van der Waals surface area (Å²) in [6.45, 7) is 5.61. The second kappa shape index (κ2) is 10.9. The maximum Gasteiger partial charge on any atom is 0.336 e. The lowest BCUT2D eigenvalue weighted by atomic mass is 9.62. The van der Waals surface area contributed by atoms with Crippen LogP contribution in [-0.2, 0) is 23.9 Å². The summed E-state index contributed by atoms with van der Waals surface area (Å²) in [6.07, 6.45) is 0.392. The number of carbonyl (C=O) groups is 3. The predicted molar refractivity (Wildman–Crippen MR) is 135 cm³/mol. The van der Waals surface area contributed by atoms with Crippen molar-refractivity contribution in [1.82, 2.24) is 0 Å². The fourth-order valence-corrected chi connectivity index (χ4v) is 5.34. The van der Waals surface area contributed by atoms with Crippen LogP contribution in [0.4, 0.5) is 0 Å². The van der Waals surface area contributed by atoms with Gasteiger partial charge in [0.1, 0.15) is 11.7 Å². The quantitative estimate of drug-likeness (QED) is 0.416. The monoisotopic (exact) mass is 489 g/mol. The number of aliphatic imine (C=N–C) groups is 1. The van der Waals surface area contributed by atoms with Crippen LogP contribution in [0, 0.1) is 11.8 Å². The number of hydrogen-bond acceptors (Lipinski definition) is 7. The van der Waals surface area contributed by atoms with Crippen LogP contribution in [0.25, 0.3) is 0 Å². The highest BCUT2D eigenvalue weighted by Gasteiger charge is 2.52. The summed E-state index contributed by atoms with van der Waals surface area (Å²) in [5, 5.41) is 0. The van der Waals surface area contributed by atoms with Crippen molar-refractivity contribution in [2.24, 2.45) is 16.8 Å². The van der Waals surface area contributed by atoms with Crippen molar-refractivity contribution in [3.05, 3.63) is 77.0 Å². The van der Waals surface area contributed by atoms with Crippen molar-refractivity contribution >= 4 is 23.4 Å². The highest BCUT2D eigenvalue weighted by molar-refractivity contribution is 6.17. The molecule has 0 aromatic heterocycles. The molecule has 2 aromatic carbocycles. The minimum Gasteiger partial charge on any atom is -0.497 e. The maximum atomic E-state index is 14.2. The van der Waals surface area contributed by atoms with Gasteiger partial charge in [0, 0.05) is 23.2 Å². The Kier molecular flexibility index (Phi) is 7.67. The molecule has 4 atom stereocenters. The summed E-state index contributed by atoms with van der Waals surface area (Å²) in [5.41, 5.74) is 3.19. The van der Waals surface area contributed by atoms with Crippen molar-refractivity contribution in [1.29, 1.82) is 0 Å². The van der Waals surface area contributed by atoms with Crippen molar-refractivity contribution < 1.29 is 28.6 Å². The Hall–Kier alpha value is -3.74. The first-order valence-electron chi connectivity index (χ1n) is 12.3. The van der Waals surface area contributed by atoms with E-state index < -0.39 is 35.6 Å². The minimum absolute atomic E-state index is 0.165. The molecule has 1 aliphatic heterocycles. The largest absolute Gasteiger partial charge is 0.497 e. The zero-order valence-electron chi connectivity index (χ0n) is 21.0. The zero-order valence-corrected chi connectivity index (χ0v) is 21.0. The molecule has 0 radical (unpaired) electrons. The van der Waals surface area contributed by atoms with E-state index in [2.05, 4.69) is 0 Å². The first kappa shape index (κ1) is 25.4. The Morgan fingerprint density at radius 3 is 2.19 bits per heavy atom. The van der Waals surface area contributed by atoms with Gasteiger partial charge in [-0.05, 0) is 50.5 Å². The van der Waals surface area contributed by atoms with Gasteiger partial charge < -0.3 is 14.2 Å². The van der Waals surface area contributed by atoms with Gasteiger partial charge in [-0.15, -0.1) is 0 Å². The lowest BCUT2D eigenvalue weighted by Crippen LogP contribution is -2.48. The van der Waals surface area contributed by atoms with Crippen molar-refractivity contribution in [3.63, 3.8) is 0 Å². The van der Waals surface area contributed by atoms with E-state index >= 15 is 0 Å². The van der Waals surface area contributed by atoms with Crippen LogP contribution in [0.1, 0.15) is 50.2 Å². The molecule has 1 unspecified atom stereocenters. The standard InChI is InChI=1S/C29H31NO6/c1-5-35-28(32)23-17(3)30-22-16-21(18-12-14-20(34-4)15-13-18)25(29(33)36-6-2)27(31)26(22)24(23)19-10-8-7-9-11-19/h7-15,21,24-26H,5-6,16H2,1-4H3/t21-,24+,25-,26?/m0/s1. The van der Waals surface area contributed by atoms with Crippen LogP contribution in [0.2, 0.25) is 0 Å². The molecule has 0 N–H and O–H groups in total. The Balaban J connectivity index is 1.86. The molecule has 2 aromatic rings. The third-order valence-electron chi connectivity index (χ3n) is 6.89. The fraction of sp³-hybridized carbons (Fsp3) is 0.379. The highest BCUT2D eigenvalue weighted by atomic mass is 16.5. The number of ketones is 1. The van der Waals surface area contributed by atoms with Gasteiger partial charge in [0.15, 0.2) is 5.78 Å². The minimum atomic E-state index is -1.02. The topological polar surface area (TPSA) is 91.3 Å². The van der Waals surface area contributed by atoms with Crippen LogP contribution in [0.5, 0.6) is 5.75 Å². The second-order valence-corrected chi connectivity index (χ2v) is 8.90. The molecule has 7 heteroatoms. The molecule has 1 heterocycles. The molecule has 36 heavy (non-hydrogen) atoms. The van der Waals surface area contributed by atoms with Gasteiger partial charge in [-0.1, -0.05) is 42.5 Å². The van der Waals surface area contributed by atoms with Crippen LogP contribution in [0.15, 0.2) is 70.9 Å². The number of ether oxygens (including phenoxy) is 3. The molecule has 0 bridgehead atoms. The van der Waals surface area contributed by atoms with Gasteiger partial charge in [-0.3, -0.25) is 14.6 Å². The molecular weight excluding hydrogens is 458 g/mol. The lowest BCUT2D eigenvalue weighted by Gasteiger charge is -2.41. The number of rotatable bonds is 7. The van der Waals surface area contributed by atoms with E-state index in [0.717, 1.165) is 11.1 Å². The molecule has 188 valence electrons. The van der Waals surface area contributed by atoms with Crippen LogP contribution < -0.4 is 4.74 Å². The lowest BCUT2D eigenvalue weighted by molar-refractivity contribution is -0.153. The first-order valence-corrected chi connectivity index (χ1v) is 12.3. The summed E-state index contributed by atoms with van der Waals surface area (Å²) in [5.74, 6) is -3.48. The smallest absolute Gasteiger partial charge is 0.336 e. The average Bonchev–Trinajstić information content (AvgIpc) is 2.88. The summed E-state index contributed by atoms with van der Waals surface area (Å²) in [6, 6.07) is 16.8. The van der Waals surface area contributed by atoms with Gasteiger partial charge in [0.05, 0.1) is 31.8 Å².